The molecule has 0 atom stereocenters. The van der Waals surface area contributed by atoms with Gasteiger partial charge in [-0.2, -0.15) is 10.9 Å². The summed E-state index contributed by atoms with van der Waals surface area (Å²) in [5, 5.41) is 0. The van der Waals surface area contributed by atoms with E-state index in [1.54, 1.807) is 0 Å². The zero-order valence-corrected chi connectivity index (χ0v) is 18.0. The standard InChI is InChI=1S/C26H28O3S/c27-26(29-22-10-4-1-5-11-22)20-28-21-16-18-25(19-17-21)30(23-12-6-2-7-13-23)24-14-8-3-9-15-24/h2-3,6-9,12-19,22,30H,1,4-5,10-11,20H2. The van der Waals surface area contributed by atoms with Gasteiger partial charge in [0.15, 0.2) is 6.61 Å². The summed E-state index contributed by atoms with van der Waals surface area (Å²) in [6.07, 6.45) is 5.55. The molecule has 0 saturated heterocycles. The van der Waals surface area contributed by atoms with Gasteiger partial charge in [0.2, 0.25) is 0 Å². The average molecular weight is 421 g/mol. The molecule has 0 aromatic heterocycles. The fourth-order valence-electron chi connectivity index (χ4n) is 3.84. The second-order valence-corrected chi connectivity index (χ2v) is 9.76. The first-order valence-corrected chi connectivity index (χ1v) is 12.0. The zero-order valence-electron chi connectivity index (χ0n) is 17.1. The van der Waals surface area contributed by atoms with Crippen LogP contribution in [0.3, 0.4) is 0 Å². The highest BCUT2D eigenvalue weighted by molar-refractivity contribution is 8.17. The smallest absolute Gasteiger partial charge is 0.344 e. The first kappa shape index (κ1) is 20.5. The van der Waals surface area contributed by atoms with E-state index >= 15 is 0 Å². The number of hydrogen-bond donors (Lipinski definition) is 1. The van der Waals surface area contributed by atoms with Crippen molar-refractivity contribution in [2.24, 2.45) is 0 Å². The van der Waals surface area contributed by atoms with Crippen molar-refractivity contribution in [3.05, 3.63) is 84.9 Å². The molecule has 1 aliphatic carbocycles. The molecule has 0 N–H and O–H groups in total. The maximum Gasteiger partial charge on any atom is 0.344 e. The summed E-state index contributed by atoms with van der Waals surface area (Å²) in [5.74, 6) is 0.414. The van der Waals surface area contributed by atoms with Crippen molar-refractivity contribution < 1.29 is 14.3 Å². The van der Waals surface area contributed by atoms with E-state index < -0.39 is 10.9 Å². The lowest BCUT2D eigenvalue weighted by Crippen LogP contribution is -2.24. The van der Waals surface area contributed by atoms with Gasteiger partial charge in [0.05, 0.1) is 0 Å². The van der Waals surface area contributed by atoms with Gasteiger partial charge in [0.1, 0.15) is 11.9 Å². The van der Waals surface area contributed by atoms with Crippen LogP contribution in [0.1, 0.15) is 32.1 Å². The minimum absolute atomic E-state index is 0.0397. The minimum Gasteiger partial charge on any atom is -0.482 e. The molecule has 0 heterocycles. The Labute approximate surface area is 181 Å². The van der Waals surface area contributed by atoms with E-state index in [-0.39, 0.29) is 18.7 Å². The molecular formula is C26H28O3S. The van der Waals surface area contributed by atoms with Crippen molar-refractivity contribution in [3.63, 3.8) is 0 Å². The fourth-order valence-corrected chi connectivity index (χ4v) is 6.12. The highest BCUT2D eigenvalue weighted by atomic mass is 32.2. The quantitative estimate of drug-likeness (QED) is 0.354. The molecule has 4 rings (SSSR count). The molecule has 0 unspecified atom stereocenters. The van der Waals surface area contributed by atoms with Crippen LogP contribution in [0, 0.1) is 0 Å². The van der Waals surface area contributed by atoms with E-state index in [2.05, 4.69) is 60.7 Å². The fraction of sp³-hybridized carbons (Fsp3) is 0.269. The van der Waals surface area contributed by atoms with Crippen LogP contribution in [0.25, 0.3) is 0 Å². The molecule has 1 fully saturated rings. The van der Waals surface area contributed by atoms with Gasteiger partial charge in [-0.15, -0.1) is 0 Å². The molecule has 30 heavy (non-hydrogen) atoms. The maximum absolute atomic E-state index is 12.1. The van der Waals surface area contributed by atoms with Crippen LogP contribution >= 0.6 is 10.9 Å². The molecular weight excluding hydrogens is 392 g/mol. The molecule has 156 valence electrons. The minimum atomic E-state index is -0.639. The van der Waals surface area contributed by atoms with E-state index in [0.29, 0.717) is 5.75 Å². The number of rotatable bonds is 7. The van der Waals surface area contributed by atoms with Crippen molar-refractivity contribution in [1.29, 1.82) is 0 Å². The van der Waals surface area contributed by atoms with Gasteiger partial charge in [0.25, 0.3) is 0 Å². The Balaban J connectivity index is 1.42. The SMILES string of the molecule is O=C(COc1ccc([SH](c2ccccc2)c2ccccc2)cc1)OC1CCCCC1. The lowest BCUT2D eigenvalue weighted by molar-refractivity contribution is -0.152. The molecule has 1 aliphatic rings. The second kappa shape index (κ2) is 10.4. The van der Waals surface area contributed by atoms with Crippen molar-refractivity contribution >= 4 is 16.9 Å². The molecule has 0 aliphatic heterocycles. The van der Waals surface area contributed by atoms with Crippen molar-refractivity contribution in [1.82, 2.24) is 0 Å². The third-order valence-electron chi connectivity index (χ3n) is 5.33. The van der Waals surface area contributed by atoms with Gasteiger partial charge < -0.3 is 9.47 Å². The molecule has 3 aromatic carbocycles. The zero-order chi connectivity index (χ0) is 20.6. The lowest BCUT2D eigenvalue weighted by atomic mass is 9.98. The number of hydrogen-bond acceptors (Lipinski definition) is 3. The summed E-state index contributed by atoms with van der Waals surface area (Å²) in [4.78, 5) is 16.0. The Hall–Kier alpha value is -2.72. The summed E-state index contributed by atoms with van der Waals surface area (Å²) in [5.41, 5.74) is 0. The van der Waals surface area contributed by atoms with Crippen LogP contribution in [0.2, 0.25) is 0 Å². The topological polar surface area (TPSA) is 35.5 Å². The van der Waals surface area contributed by atoms with Gasteiger partial charge in [-0.1, -0.05) is 42.8 Å². The molecule has 0 bridgehead atoms. The molecule has 3 aromatic rings. The monoisotopic (exact) mass is 420 g/mol. The number of carbonyl (C=O) groups is 1. The Morgan fingerprint density at radius 3 is 1.83 bits per heavy atom. The third-order valence-corrected chi connectivity index (χ3v) is 7.77. The van der Waals surface area contributed by atoms with Crippen LogP contribution in [0.15, 0.2) is 99.6 Å². The summed E-state index contributed by atoms with van der Waals surface area (Å²) in [6.45, 7) is -0.0397. The van der Waals surface area contributed by atoms with E-state index in [1.807, 2.05) is 24.3 Å². The second-order valence-electron chi connectivity index (χ2n) is 7.54. The normalized spacial score (nSPS) is 14.7. The number of esters is 1. The molecule has 1 saturated carbocycles. The van der Waals surface area contributed by atoms with Crippen molar-refractivity contribution in [2.75, 3.05) is 6.61 Å². The van der Waals surface area contributed by atoms with Crippen molar-refractivity contribution in [2.45, 2.75) is 52.9 Å². The number of thiol groups is 1. The first-order valence-electron chi connectivity index (χ1n) is 10.6. The van der Waals surface area contributed by atoms with Crippen LogP contribution in [-0.4, -0.2) is 18.7 Å². The molecule has 0 radical (unpaired) electrons. The Morgan fingerprint density at radius 1 is 0.733 bits per heavy atom. The Morgan fingerprint density at radius 2 is 1.27 bits per heavy atom. The number of benzene rings is 3. The molecule has 4 heteroatoms. The predicted molar refractivity (Wildman–Crippen MR) is 122 cm³/mol. The maximum atomic E-state index is 12.1. The van der Waals surface area contributed by atoms with E-state index in [0.717, 1.165) is 25.7 Å². The van der Waals surface area contributed by atoms with Crippen LogP contribution in [0.4, 0.5) is 0 Å². The lowest BCUT2D eigenvalue weighted by Gasteiger charge is -2.23. The Bertz CT molecular complexity index is 880. The molecule has 0 amide bonds. The highest BCUT2D eigenvalue weighted by Crippen LogP contribution is 2.51. The van der Waals surface area contributed by atoms with Gasteiger partial charge in [-0.05, 0) is 88.9 Å². The van der Waals surface area contributed by atoms with Gasteiger partial charge >= 0.3 is 5.97 Å². The predicted octanol–water partition coefficient (Wildman–Crippen LogP) is 6.42. The summed E-state index contributed by atoms with van der Waals surface area (Å²) < 4.78 is 11.2. The summed E-state index contributed by atoms with van der Waals surface area (Å²) in [6, 6.07) is 29.3. The van der Waals surface area contributed by atoms with E-state index in [4.69, 9.17) is 9.47 Å². The van der Waals surface area contributed by atoms with Gasteiger partial charge in [-0.25, -0.2) is 4.79 Å². The highest BCUT2D eigenvalue weighted by Gasteiger charge is 2.18. The molecule has 0 spiro atoms. The van der Waals surface area contributed by atoms with E-state index in [9.17, 15) is 4.79 Å². The Kier molecular flexibility index (Phi) is 7.09. The number of ether oxygens (including phenoxy) is 2. The van der Waals surface area contributed by atoms with Gasteiger partial charge in [-0.3, -0.25) is 0 Å². The summed E-state index contributed by atoms with van der Waals surface area (Å²) >= 11 is 0. The van der Waals surface area contributed by atoms with Crippen molar-refractivity contribution in [3.8, 4) is 5.75 Å². The van der Waals surface area contributed by atoms with Crippen LogP contribution in [-0.2, 0) is 9.53 Å². The third kappa shape index (κ3) is 5.45. The van der Waals surface area contributed by atoms with Gasteiger partial charge in [0, 0.05) is 0 Å². The first-order chi connectivity index (χ1) is 14.8. The largest absolute Gasteiger partial charge is 0.482 e. The average Bonchev–Trinajstić information content (AvgIpc) is 2.81. The summed E-state index contributed by atoms with van der Waals surface area (Å²) in [7, 11) is -0.639. The number of carbonyl (C=O) groups excluding carboxylic acids is 1. The molecule has 3 nitrogen and oxygen atoms in total. The van der Waals surface area contributed by atoms with Crippen LogP contribution in [0.5, 0.6) is 5.75 Å². The van der Waals surface area contributed by atoms with E-state index in [1.165, 1.54) is 21.1 Å². The van der Waals surface area contributed by atoms with Crippen LogP contribution < -0.4 is 4.74 Å².